The average molecular weight is 1660 g/mol. The van der Waals surface area contributed by atoms with Gasteiger partial charge in [0.2, 0.25) is 59.1 Å². The Hall–Kier alpha value is -9.07. The SMILES string of the molecule is CCCCCCCCCCCCCCCC(N)=O.CCCC[C@H](N[C@@H](O)[C@H](CO)NC(=O)[C@H](CCCCN=C(N)N)NC(=O)[C@@H](C)CO)C(=O)NC.C[C@H]1CCC(=O)NCCCC[C@@H](C(N)=O)N[C@@H](O)[C@H](Cc2c[nH]c3ccccc23)NC(=O)[C@H](CCCN=C(N)N)NC(=O)[C@@H](Cc2ccccc2)NC(=O)[C@H](CCS(C)(=O)=O)NC1=O. The van der Waals surface area contributed by atoms with E-state index in [2.05, 4.69) is 75.1 Å². The zero-order valence-electron chi connectivity index (χ0n) is 69.1. The number of aliphatic hydroxyl groups excluding tert-OH is 4. The Labute approximate surface area is 684 Å². The molecule has 2 heterocycles. The number of unbranched alkanes of at least 4 members (excludes halogenated alkanes) is 14. The van der Waals surface area contributed by atoms with Gasteiger partial charge in [0.1, 0.15) is 46.5 Å². The third-order valence-electron chi connectivity index (χ3n) is 19.7. The van der Waals surface area contributed by atoms with Crippen molar-refractivity contribution in [1.82, 2.24) is 58.2 Å². The summed E-state index contributed by atoms with van der Waals surface area (Å²) in [5.74, 6) is -7.81. The van der Waals surface area contributed by atoms with E-state index in [1.807, 2.05) is 31.2 Å². The third kappa shape index (κ3) is 45.4. The maximum Gasteiger partial charge on any atom is 0.243 e. The van der Waals surface area contributed by atoms with Gasteiger partial charge >= 0.3 is 0 Å². The Balaban J connectivity index is 0.000000727. The number of para-hydroxylation sites is 1. The van der Waals surface area contributed by atoms with E-state index in [9.17, 15) is 76.8 Å². The molecular weight excluding hydrogens is 1520 g/mol. The number of sulfone groups is 1. The van der Waals surface area contributed by atoms with E-state index in [0.717, 1.165) is 42.0 Å². The molecule has 1 aromatic heterocycles. The molecule has 1 aliphatic heterocycles. The highest BCUT2D eigenvalue weighted by Gasteiger charge is 2.35. The number of aliphatic hydroxyl groups is 4. The van der Waals surface area contributed by atoms with Gasteiger partial charge in [0, 0.05) is 75.2 Å². The number of hydrogen-bond acceptors (Lipinski definition) is 20. The minimum Gasteiger partial charge on any atom is -0.396 e. The summed E-state index contributed by atoms with van der Waals surface area (Å²) in [4.78, 5) is 140. The van der Waals surface area contributed by atoms with E-state index in [1.165, 1.54) is 91.0 Å². The lowest BCUT2D eigenvalue weighted by atomic mass is 10.0. The number of nitrogens with one attached hydrogen (secondary N) is 11. The van der Waals surface area contributed by atoms with E-state index in [-0.39, 0.29) is 107 Å². The van der Waals surface area contributed by atoms with Crippen LogP contribution in [0.5, 0.6) is 0 Å². The van der Waals surface area contributed by atoms with Crippen LogP contribution >= 0.6 is 0 Å². The summed E-state index contributed by atoms with van der Waals surface area (Å²) in [7, 11) is -2.12. The Kier molecular flexibility index (Phi) is 52.9. The van der Waals surface area contributed by atoms with Crippen LogP contribution in [0.25, 0.3) is 10.9 Å². The van der Waals surface area contributed by atoms with Crippen molar-refractivity contribution in [2.75, 3.05) is 51.9 Å². The minimum atomic E-state index is -3.61. The Morgan fingerprint density at radius 2 is 1.17 bits per heavy atom. The quantitative estimate of drug-likeness (QED) is 0.0163. The fourth-order valence-corrected chi connectivity index (χ4v) is 13.3. The maximum atomic E-state index is 14.4. The van der Waals surface area contributed by atoms with Gasteiger partial charge in [0.15, 0.2) is 11.9 Å². The fraction of sp³-hybridized carbons (Fsp3) is 0.675. The number of benzene rings is 2. The summed E-state index contributed by atoms with van der Waals surface area (Å²) in [5, 5.41) is 69.0. The van der Waals surface area contributed by atoms with Crippen molar-refractivity contribution < 1.29 is 76.8 Å². The first-order chi connectivity index (χ1) is 55.3. The van der Waals surface area contributed by atoms with Crippen LogP contribution in [0.4, 0.5) is 0 Å². The molecule has 0 bridgehead atoms. The molecule has 35 nitrogen and oxygen atoms in total. The van der Waals surface area contributed by atoms with Gasteiger partial charge in [-0.3, -0.25) is 68.6 Å². The molecule has 27 N–H and O–H groups in total. The highest BCUT2D eigenvalue weighted by molar-refractivity contribution is 7.90. The molecule has 1 aliphatic rings. The number of H-pyrrole nitrogens is 1. The molecule has 1 saturated heterocycles. The molecule has 0 radical (unpaired) electrons. The molecule has 0 unspecified atom stereocenters. The van der Waals surface area contributed by atoms with Gasteiger partial charge in [0.05, 0.1) is 49.1 Å². The van der Waals surface area contributed by atoms with E-state index in [1.54, 1.807) is 43.5 Å². The third-order valence-corrected chi connectivity index (χ3v) is 20.7. The first-order valence-corrected chi connectivity index (χ1v) is 43.2. The largest absolute Gasteiger partial charge is 0.396 e. The van der Waals surface area contributed by atoms with Crippen LogP contribution in [0.1, 0.15) is 219 Å². The normalized spacial score (nSPS) is 19.5. The van der Waals surface area contributed by atoms with Gasteiger partial charge in [-0.25, -0.2) is 8.42 Å². The number of likely N-dealkylation sites (N-methyl/N-ethyl adjacent to an activating group) is 1. The molecule has 2 aromatic carbocycles. The number of primary amides is 2. The smallest absolute Gasteiger partial charge is 0.243 e. The predicted octanol–water partition coefficient (Wildman–Crippen LogP) is 1.05. The van der Waals surface area contributed by atoms with Crippen molar-refractivity contribution in [2.45, 2.75) is 281 Å². The molecule has 0 spiro atoms. The van der Waals surface area contributed by atoms with Crippen molar-refractivity contribution in [1.29, 1.82) is 0 Å². The van der Waals surface area contributed by atoms with Crippen LogP contribution in [0.3, 0.4) is 0 Å². The number of carbonyl (C=O) groups excluding carboxylic acids is 10. The predicted molar refractivity (Wildman–Crippen MR) is 449 cm³/mol. The number of amides is 10. The van der Waals surface area contributed by atoms with Gasteiger partial charge in [-0.2, -0.15) is 0 Å². The van der Waals surface area contributed by atoms with E-state index in [0.29, 0.717) is 50.6 Å². The van der Waals surface area contributed by atoms with Gasteiger partial charge in [0.25, 0.3) is 0 Å². The second-order valence-corrected chi connectivity index (χ2v) is 32.2. The number of aromatic nitrogens is 1. The Morgan fingerprint density at radius 3 is 1.76 bits per heavy atom. The van der Waals surface area contributed by atoms with Crippen molar-refractivity contribution in [3.63, 3.8) is 0 Å². The standard InChI is InChI=1S/C43H63N11O9S.C21H43N7O6.C16H33NO/c1-26-17-18-36(55)47-20-9-8-15-31(37(44)56)50-42(61)35(24-28-25-49-30-14-7-6-13-29(28)30)54-39(58)32(16-10-21-48-43(45)46)52-41(60)34(23-27-11-4-3-5-12-27)53-40(59)33(51-38(26)57)19-22-64(2,62)63;1-4-5-8-14(18(32)24-3)27-20(34)16(12-30)28-19(33)15(26-17(31)13(2)11-29)9-6-7-10-25-21(22)23;1-2-3-4-5-6-7-8-9-10-11-12-13-14-15-16(17)18/h3-7,11-14,25-26,31-35,42,49-50,61H,8-10,15-24H2,1-2H3,(H2,44,56)(H,47,55)(H,51,57)(H,52,60)(H,53,59)(H,54,58)(H4,45,46,48);13-16,20,27,29-30,34H,4-12H2,1-3H3,(H,24,32)(H,26,31)(H,28,33)(H4,22,23,25);2-15H2,1H3,(H2,17,18)/t26-,31-,32-,33-,34+,35-,42-;13-,14-,15-,16-,20-;/m00./s1. The molecule has 3 aromatic rings. The van der Waals surface area contributed by atoms with Crippen LogP contribution in [0.2, 0.25) is 0 Å². The first-order valence-electron chi connectivity index (χ1n) is 41.1. The molecule has 0 saturated carbocycles. The first kappa shape index (κ1) is 103. The molecule has 12 atom stereocenters. The highest BCUT2D eigenvalue weighted by atomic mass is 32.2. The Morgan fingerprint density at radius 1 is 0.612 bits per heavy atom. The van der Waals surface area contributed by atoms with Gasteiger partial charge in [-0.05, 0) is 101 Å². The summed E-state index contributed by atoms with van der Waals surface area (Å²) >= 11 is 0. The second-order valence-electron chi connectivity index (χ2n) is 29.9. The second kappa shape index (κ2) is 59.6. The number of carbonyl (C=O) groups is 10. The van der Waals surface area contributed by atoms with E-state index < -0.39 is 136 Å². The van der Waals surface area contributed by atoms with Gasteiger partial charge < -0.3 is 102 Å². The lowest BCUT2D eigenvalue weighted by Gasteiger charge is -2.30. The number of aromatic amines is 1. The minimum absolute atomic E-state index is 0.00490. The lowest BCUT2D eigenvalue weighted by Crippen LogP contribution is -2.61. The fourth-order valence-electron chi connectivity index (χ4n) is 12.6. The number of fused-ring (bicyclic) bond motifs is 1. The topological polar surface area (TPSA) is 603 Å². The van der Waals surface area contributed by atoms with Crippen molar-refractivity contribution in [3.8, 4) is 0 Å². The van der Waals surface area contributed by atoms with Gasteiger partial charge in [-0.1, -0.05) is 166 Å². The molecule has 656 valence electrons. The zero-order chi connectivity index (χ0) is 86.4. The molecular formula is C80H139N19O16S. The summed E-state index contributed by atoms with van der Waals surface area (Å²) < 4.78 is 24.5. The van der Waals surface area contributed by atoms with E-state index >= 15 is 0 Å². The van der Waals surface area contributed by atoms with Crippen molar-refractivity contribution in [2.24, 2.45) is 56.2 Å². The number of nitrogens with two attached hydrogens (primary N) is 6. The number of guanidine groups is 2. The number of nitrogens with zero attached hydrogens (tertiary/aromatic N) is 2. The highest BCUT2D eigenvalue weighted by Crippen LogP contribution is 2.22. The van der Waals surface area contributed by atoms with Crippen LogP contribution in [0, 0.1) is 11.8 Å². The lowest BCUT2D eigenvalue weighted by molar-refractivity contribution is -0.134. The number of aliphatic imine (C=N–C) groups is 2. The van der Waals surface area contributed by atoms with E-state index in [4.69, 9.17) is 34.4 Å². The van der Waals surface area contributed by atoms with Gasteiger partial charge in [-0.15, -0.1) is 0 Å². The van der Waals surface area contributed by atoms with Crippen LogP contribution in [-0.2, 0) is 70.6 Å². The molecule has 0 aliphatic carbocycles. The maximum absolute atomic E-state index is 14.4. The monoisotopic (exact) mass is 1650 g/mol. The van der Waals surface area contributed by atoms with Crippen LogP contribution < -0.4 is 87.6 Å². The zero-order valence-corrected chi connectivity index (χ0v) is 69.9. The number of rotatable bonds is 44. The molecule has 36 heteroatoms. The Bertz CT molecular complexity index is 3570. The van der Waals surface area contributed by atoms with Crippen LogP contribution in [0.15, 0.2) is 70.8 Å². The molecule has 10 amide bonds. The molecule has 4 rings (SSSR count). The summed E-state index contributed by atoms with van der Waals surface area (Å²) in [6.45, 7) is 7.04. The van der Waals surface area contributed by atoms with Crippen molar-refractivity contribution in [3.05, 3.63) is 71.9 Å². The number of hydrogen-bond donors (Lipinski definition) is 21. The molecule has 1 fully saturated rings. The summed E-state index contributed by atoms with van der Waals surface area (Å²) in [6.07, 6.45) is 22.1. The van der Waals surface area contributed by atoms with Crippen LogP contribution in [-0.4, -0.2) is 218 Å². The molecule has 116 heavy (non-hydrogen) atoms. The van der Waals surface area contributed by atoms with Crippen molar-refractivity contribution >= 4 is 91.7 Å². The summed E-state index contributed by atoms with van der Waals surface area (Å²) in [5.41, 5.74) is 34.7. The summed E-state index contributed by atoms with van der Waals surface area (Å²) in [6, 6.07) is 7.17. The average Bonchev–Trinajstić information content (AvgIpc) is 1.67.